The molecule has 0 unspecified atom stereocenters. The molecule has 0 saturated carbocycles. The van der Waals surface area contributed by atoms with Crippen molar-refractivity contribution in [2.45, 2.75) is 26.4 Å². The minimum atomic E-state index is -4.81. The molecule has 13 heteroatoms. The molecule has 5 aromatic rings. The van der Waals surface area contributed by atoms with Gasteiger partial charge < -0.3 is 11.1 Å². The van der Waals surface area contributed by atoms with Gasteiger partial charge in [0.25, 0.3) is 5.91 Å². The van der Waals surface area contributed by atoms with Crippen LogP contribution in [0, 0.1) is 6.92 Å². The summed E-state index contributed by atoms with van der Waals surface area (Å²) in [5.41, 5.74) is 6.08. The first-order chi connectivity index (χ1) is 19.4. The number of aromatic nitrogens is 5. The second kappa shape index (κ2) is 10.1. The number of nitrogens with two attached hydrogens (primary N) is 1. The maximum absolute atomic E-state index is 13.8. The summed E-state index contributed by atoms with van der Waals surface area (Å²) < 4.78 is 45.5. The number of halogens is 3. The van der Waals surface area contributed by atoms with E-state index in [1.807, 2.05) is 6.92 Å². The van der Waals surface area contributed by atoms with Crippen molar-refractivity contribution in [2.24, 2.45) is 12.8 Å². The number of rotatable bonds is 6. The van der Waals surface area contributed by atoms with Crippen LogP contribution >= 0.6 is 0 Å². The highest BCUT2D eigenvalue weighted by molar-refractivity contribution is 6.04. The van der Waals surface area contributed by atoms with Crippen LogP contribution in [0.1, 0.15) is 45.0 Å². The van der Waals surface area contributed by atoms with E-state index in [9.17, 15) is 27.6 Å². The summed E-state index contributed by atoms with van der Waals surface area (Å²) >= 11 is 0. The van der Waals surface area contributed by atoms with Crippen molar-refractivity contribution >= 4 is 23.1 Å². The van der Waals surface area contributed by atoms with E-state index in [0.29, 0.717) is 40.8 Å². The Hall–Kier alpha value is -5.20. The number of hydrogen-bond acceptors (Lipinski definition) is 5. The third kappa shape index (κ3) is 4.97. The smallest absolute Gasteiger partial charge is 0.366 e. The Balaban J connectivity index is 1.63. The van der Waals surface area contributed by atoms with Crippen molar-refractivity contribution in [1.82, 2.24) is 23.7 Å². The fraction of sp³-hybridized carbons (Fsp3) is 0.179. The number of carbonyl (C=O) groups is 2. The van der Waals surface area contributed by atoms with Crippen LogP contribution in [0.15, 0.2) is 65.5 Å². The Morgan fingerprint density at radius 1 is 1.05 bits per heavy atom. The SMILES string of the molecule is CCc1c(-c2ccc(-n3c(C)nn(C)c3=O)cc2)cc2nc(C(F)(F)F)cc(C(=O)Nc3cccc(C(N)=O)c3)n12. The molecule has 2 aromatic carbocycles. The van der Waals surface area contributed by atoms with Crippen molar-refractivity contribution in [3.8, 4) is 16.8 Å². The zero-order valence-electron chi connectivity index (χ0n) is 22.2. The summed E-state index contributed by atoms with van der Waals surface area (Å²) in [7, 11) is 1.55. The van der Waals surface area contributed by atoms with Gasteiger partial charge in [0.05, 0.1) is 5.69 Å². The summed E-state index contributed by atoms with van der Waals surface area (Å²) in [4.78, 5) is 41.2. The van der Waals surface area contributed by atoms with Crippen LogP contribution in [0.4, 0.5) is 18.9 Å². The molecule has 0 atom stereocenters. The minimum Gasteiger partial charge on any atom is -0.366 e. The van der Waals surface area contributed by atoms with Gasteiger partial charge in [0, 0.05) is 29.6 Å². The minimum absolute atomic E-state index is 0.0638. The number of nitrogens with zero attached hydrogens (tertiary/aromatic N) is 5. The third-order valence-corrected chi connectivity index (χ3v) is 6.62. The molecular weight excluding hydrogens is 539 g/mol. The van der Waals surface area contributed by atoms with Crippen LogP contribution < -0.4 is 16.7 Å². The molecule has 5 rings (SSSR count). The van der Waals surface area contributed by atoms with Crippen molar-refractivity contribution in [3.63, 3.8) is 0 Å². The molecule has 3 aromatic heterocycles. The predicted molar refractivity (Wildman–Crippen MR) is 145 cm³/mol. The summed E-state index contributed by atoms with van der Waals surface area (Å²) in [6.45, 7) is 3.51. The largest absolute Gasteiger partial charge is 0.433 e. The van der Waals surface area contributed by atoms with E-state index in [4.69, 9.17) is 5.73 Å². The Labute approximate surface area is 230 Å². The van der Waals surface area contributed by atoms with Gasteiger partial charge in [-0.2, -0.15) is 18.3 Å². The van der Waals surface area contributed by atoms with Gasteiger partial charge in [-0.05, 0) is 61.4 Å². The maximum Gasteiger partial charge on any atom is 0.433 e. The van der Waals surface area contributed by atoms with E-state index >= 15 is 0 Å². The lowest BCUT2D eigenvalue weighted by molar-refractivity contribution is -0.141. The van der Waals surface area contributed by atoms with Gasteiger partial charge in [-0.1, -0.05) is 25.1 Å². The lowest BCUT2D eigenvalue weighted by Crippen LogP contribution is -2.21. The van der Waals surface area contributed by atoms with E-state index in [0.717, 1.165) is 0 Å². The summed E-state index contributed by atoms with van der Waals surface area (Å²) in [6.07, 6.45) is -4.45. The van der Waals surface area contributed by atoms with Crippen LogP contribution in [0.5, 0.6) is 0 Å². The van der Waals surface area contributed by atoms with E-state index in [2.05, 4.69) is 15.4 Å². The van der Waals surface area contributed by atoms with Gasteiger partial charge in [0.15, 0.2) is 0 Å². The Morgan fingerprint density at radius 3 is 2.34 bits per heavy atom. The van der Waals surface area contributed by atoms with E-state index < -0.39 is 23.7 Å². The first-order valence-electron chi connectivity index (χ1n) is 12.5. The van der Waals surface area contributed by atoms with E-state index in [1.54, 1.807) is 38.2 Å². The predicted octanol–water partition coefficient (Wildman–Crippen LogP) is 4.13. The maximum atomic E-state index is 13.8. The average molecular weight is 564 g/mol. The normalized spacial score (nSPS) is 11.7. The number of amides is 2. The molecule has 0 fully saturated rings. The fourth-order valence-corrected chi connectivity index (χ4v) is 4.77. The highest BCUT2D eigenvalue weighted by Gasteiger charge is 2.35. The lowest BCUT2D eigenvalue weighted by atomic mass is 10.0. The topological polar surface area (TPSA) is 129 Å². The number of alkyl halides is 3. The van der Waals surface area contributed by atoms with Gasteiger partial charge in [-0.25, -0.2) is 19.0 Å². The van der Waals surface area contributed by atoms with Crippen LogP contribution in [-0.2, 0) is 19.6 Å². The van der Waals surface area contributed by atoms with Crippen molar-refractivity contribution in [2.75, 3.05) is 5.32 Å². The quantitative estimate of drug-likeness (QED) is 0.321. The summed E-state index contributed by atoms with van der Waals surface area (Å²) in [5.74, 6) is -1.05. The Morgan fingerprint density at radius 2 is 1.76 bits per heavy atom. The molecule has 3 heterocycles. The van der Waals surface area contributed by atoms with Gasteiger partial charge >= 0.3 is 11.9 Å². The van der Waals surface area contributed by atoms with Gasteiger partial charge in [-0.3, -0.25) is 14.0 Å². The Bertz CT molecular complexity index is 1880. The number of anilines is 1. The Kier molecular flexibility index (Phi) is 6.73. The molecule has 0 aliphatic heterocycles. The molecule has 0 radical (unpaired) electrons. The molecule has 10 nitrogen and oxygen atoms in total. The molecule has 41 heavy (non-hydrogen) atoms. The van der Waals surface area contributed by atoms with Crippen molar-refractivity contribution < 1.29 is 22.8 Å². The zero-order valence-corrected chi connectivity index (χ0v) is 22.2. The average Bonchev–Trinajstić information content (AvgIpc) is 3.43. The molecule has 3 N–H and O–H groups in total. The van der Waals surface area contributed by atoms with E-state index in [1.165, 1.54) is 44.0 Å². The number of benzene rings is 2. The highest BCUT2D eigenvalue weighted by atomic mass is 19.4. The second-order valence-electron chi connectivity index (χ2n) is 9.31. The van der Waals surface area contributed by atoms with Crippen molar-refractivity contribution in [1.29, 1.82) is 0 Å². The number of aryl methyl sites for hydroxylation is 3. The van der Waals surface area contributed by atoms with Crippen molar-refractivity contribution in [3.05, 3.63) is 99.6 Å². The number of primary amides is 1. The van der Waals surface area contributed by atoms with Gasteiger partial charge in [0.1, 0.15) is 22.9 Å². The first-order valence-corrected chi connectivity index (χ1v) is 12.5. The molecule has 2 amide bonds. The highest BCUT2D eigenvalue weighted by Crippen LogP contribution is 2.34. The molecular formula is C28H24F3N7O3. The molecule has 0 bridgehead atoms. The molecule has 210 valence electrons. The van der Waals surface area contributed by atoms with E-state index in [-0.39, 0.29) is 28.3 Å². The lowest BCUT2D eigenvalue weighted by Gasteiger charge is -2.14. The van der Waals surface area contributed by atoms with Crippen LogP contribution in [0.2, 0.25) is 0 Å². The first kappa shape index (κ1) is 27.4. The number of nitrogens with one attached hydrogen (secondary N) is 1. The molecule has 0 spiro atoms. The van der Waals surface area contributed by atoms with Gasteiger partial charge in [0.2, 0.25) is 5.91 Å². The second-order valence-corrected chi connectivity index (χ2v) is 9.31. The standard InChI is InChI=1S/C28H24F3N7O3/c1-4-21-20(16-8-10-19(11-9-16)37-15(2)35-36(3)27(37)41)13-24-34-23(28(29,30)31)14-22(38(21)24)26(40)33-18-7-5-6-17(12-18)25(32)39/h5-14H,4H2,1-3H3,(H2,32,39)(H,33,40). The van der Waals surface area contributed by atoms with Crippen LogP contribution in [0.3, 0.4) is 0 Å². The molecule has 0 saturated heterocycles. The molecule has 0 aliphatic rings. The number of carbonyl (C=O) groups excluding carboxylic acids is 2. The summed E-state index contributed by atoms with van der Waals surface area (Å²) in [6, 6.07) is 14.9. The van der Waals surface area contributed by atoms with Gasteiger partial charge in [-0.15, -0.1) is 0 Å². The number of hydrogen-bond donors (Lipinski definition) is 2. The fourth-order valence-electron chi connectivity index (χ4n) is 4.77. The number of fused-ring (bicyclic) bond motifs is 1. The molecule has 0 aliphatic carbocycles. The van der Waals surface area contributed by atoms with Crippen LogP contribution in [-0.4, -0.2) is 35.5 Å². The zero-order chi connectivity index (χ0) is 29.6. The third-order valence-electron chi connectivity index (χ3n) is 6.62. The summed E-state index contributed by atoms with van der Waals surface area (Å²) in [5, 5.41) is 6.68. The van der Waals surface area contributed by atoms with Crippen LogP contribution in [0.25, 0.3) is 22.5 Å². The monoisotopic (exact) mass is 563 g/mol.